The van der Waals surface area contributed by atoms with Gasteiger partial charge in [0.2, 0.25) is 5.91 Å². The van der Waals surface area contributed by atoms with Crippen molar-refractivity contribution < 1.29 is 4.79 Å². The zero-order valence-corrected chi connectivity index (χ0v) is 8.14. The summed E-state index contributed by atoms with van der Waals surface area (Å²) < 4.78 is 0. The highest BCUT2D eigenvalue weighted by atomic mass is 35.5. The fraction of sp³-hybridized carbons (Fsp3) is 0.125. The summed E-state index contributed by atoms with van der Waals surface area (Å²) in [7, 11) is 0. The summed E-state index contributed by atoms with van der Waals surface area (Å²) in [5, 5.41) is 0.631. The largest absolute Gasteiger partial charge is 0.368 e. The average molecular weight is 219 g/mol. The molecule has 0 aromatic heterocycles. The second-order valence-corrected chi connectivity index (χ2v) is 3.31. The molecule has 0 aliphatic carbocycles. The van der Waals surface area contributed by atoms with Crippen LogP contribution in [-0.4, -0.2) is 5.91 Å². The molecule has 1 aromatic rings. The number of amides is 1. The van der Waals surface area contributed by atoms with Crippen molar-refractivity contribution in [2.75, 3.05) is 0 Å². The molecule has 1 aromatic carbocycles. The van der Waals surface area contributed by atoms with Gasteiger partial charge >= 0.3 is 0 Å². The molecule has 3 nitrogen and oxygen atoms in total. The van der Waals surface area contributed by atoms with E-state index in [4.69, 9.17) is 34.7 Å². The van der Waals surface area contributed by atoms with Crippen LogP contribution in [0.4, 0.5) is 0 Å². The van der Waals surface area contributed by atoms with Crippen LogP contribution in [0.1, 0.15) is 11.6 Å². The number of halogens is 2. The van der Waals surface area contributed by atoms with Crippen molar-refractivity contribution in [3.8, 4) is 0 Å². The Hall–Kier alpha value is -0.770. The van der Waals surface area contributed by atoms with E-state index in [1.807, 2.05) is 0 Å². The molecule has 0 heterocycles. The van der Waals surface area contributed by atoms with Crippen molar-refractivity contribution in [3.63, 3.8) is 0 Å². The van der Waals surface area contributed by atoms with Crippen LogP contribution >= 0.6 is 23.2 Å². The molecule has 0 aliphatic heterocycles. The van der Waals surface area contributed by atoms with Crippen molar-refractivity contribution in [1.29, 1.82) is 0 Å². The summed E-state index contributed by atoms with van der Waals surface area (Å²) in [5.74, 6) is -0.635. The van der Waals surface area contributed by atoms with Crippen molar-refractivity contribution in [2.45, 2.75) is 6.04 Å². The molecule has 4 N–H and O–H groups in total. The minimum Gasteiger partial charge on any atom is -0.368 e. The Bertz CT molecular complexity index is 341. The first-order valence-electron chi connectivity index (χ1n) is 3.53. The maximum absolute atomic E-state index is 10.8. The number of carbonyl (C=O) groups is 1. The van der Waals surface area contributed by atoms with Crippen LogP contribution in [0.2, 0.25) is 10.0 Å². The standard InChI is InChI=1S/C8H8Cl2N2O/c9-5-3-1-2-4(6(5)10)7(11)8(12)13/h1-3,7H,11H2,(H2,12,13)/t7-/m0/s1. The molecule has 1 amide bonds. The van der Waals surface area contributed by atoms with E-state index in [2.05, 4.69) is 0 Å². The number of rotatable bonds is 2. The summed E-state index contributed by atoms with van der Waals surface area (Å²) >= 11 is 11.5. The topological polar surface area (TPSA) is 69.1 Å². The van der Waals surface area contributed by atoms with E-state index >= 15 is 0 Å². The zero-order valence-electron chi connectivity index (χ0n) is 6.63. The Balaban J connectivity index is 3.15. The third-order valence-corrected chi connectivity index (χ3v) is 2.46. The van der Waals surface area contributed by atoms with E-state index in [9.17, 15) is 4.79 Å². The highest BCUT2D eigenvalue weighted by Gasteiger charge is 2.16. The monoisotopic (exact) mass is 218 g/mol. The van der Waals surface area contributed by atoms with Gasteiger partial charge in [-0.2, -0.15) is 0 Å². The fourth-order valence-corrected chi connectivity index (χ4v) is 1.34. The normalized spacial score (nSPS) is 12.5. The average Bonchev–Trinajstić information content (AvgIpc) is 2.08. The molecule has 0 fully saturated rings. The number of carbonyl (C=O) groups excluding carboxylic acids is 1. The third-order valence-electron chi connectivity index (χ3n) is 1.62. The van der Waals surface area contributed by atoms with Crippen molar-refractivity contribution in [2.24, 2.45) is 11.5 Å². The lowest BCUT2D eigenvalue weighted by molar-refractivity contribution is -0.119. The van der Waals surface area contributed by atoms with Crippen LogP contribution in [-0.2, 0) is 4.79 Å². The van der Waals surface area contributed by atoms with Gasteiger partial charge in [0.15, 0.2) is 0 Å². The first-order chi connectivity index (χ1) is 6.04. The zero-order chi connectivity index (χ0) is 10.0. The van der Waals surface area contributed by atoms with Gasteiger partial charge in [-0.25, -0.2) is 0 Å². The van der Waals surface area contributed by atoms with E-state index in [-0.39, 0.29) is 5.02 Å². The van der Waals surface area contributed by atoms with E-state index in [1.54, 1.807) is 18.2 Å². The molecule has 13 heavy (non-hydrogen) atoms. The molecule has 0 bridgehead atoms. The van der Waals surface area contributed by atoms with Crippen LogP contribution in [0.25, 0.3) is 0 Å². The number of hydrogen-bond donors (Lipinski definition) is 2. The maximum Gasteiger partial charge on any atom is 0.238 e. The summed E-state index contributed by atoms with van der Waals surface area (Å²) in [6.45, 7) is 0. The van der Waals surface area contributed by atoms with Gasteiger partial charge in [0.1, 0.15) is 6.04 Å². The Labute approximate surface area is 85.6 Å². The Morgan fingerprint density at radius 3 is 2.54 bits per heavy atom. The number of benzene rings is 1. The molecule has 0 spiro atoms. The molecule has 1 atom stereocenters. The second kappa shape index (κ2) is 3.96. The SMILES string of the molecule is NC(=O)[C@@H](N)c1cccc(Cl)c1Cl. The van der Waals surface area contributed by atoms with Crippen LogP contribution in [0.3, 0.4) is 0 Å². The molecule has 1 rings (SSSR count). The van der Waals surface area contributed by atoms with Gasteiger partial charge in [0, 0.05) is 0 Å². The summed E-state index contributed by atoms with van der Waals surface area (Å²) in [6, 6.07) is 3.98. The molecule has 0 unspecified atom stereocenters. The summed E-state index contributed by atoms with van der Waals surface area (Å²) in [6.07, 6.45) is 0. The Morgan fingerprint density at radius 1 is 1.38 bits per heavy atom. The highest BCUT2D eigenvalue weighted by molar-refractivity contribution is 6.42. The maximum atomic E-state index is 10.8. The van der Waals surface area contributed by atoms with Gasteiger partial charge in [-0.15, -0.1) is 0 Å². The molecule has 0 radical (unpaired) electrons. The lowest BCUT2D eigenvalue weighted by Crippen LogP contribution is -2.28. The smallest absolute Gasteiger partial charge is 0.238 e. The van der Waals surface area contributed by atoms with Crippen LogP contribution in [0.5, 0.6) is 0 Å². The van der Waals surface area contributed by atoms with Gasteiger partial charge in [0.05, 0.1) is 10.0 Å². The molecule has 70 valence electrons. The molecular weight excluding hydrogens is 211 g/mol. The van der Waals surface area contributed by atoms with E-state index < -0.39 is 11.9 Å². The van der Waals surface area contributed by atoms with E-state index in [1.165, 1.54) is 0 Å². The van der Waals surface area contributed by atoms with Gasteiger partial charge in [-0.05, 0) is 11.6 Å². The van der Waals surface area contributed by atoms with Crippen LogP contribution in [0.15, 0.2) is 18.2 Å². The van der Waals surface area contributed by atoms with Crippen molar-refractivity contribution >= 4 is 29.1 Å². The van der Waals surface area contributed by atoms with Crippen molar-refractivity contribution in [1.82, 2.24) is 0 Å². The van der Waals surface area contributed by atoms with E-state index in [0.717, 1.165) is 0 Å². The van der Waals surface area contributed by atoms with Gasteiger partial charge in [0.25, 0.3) is 0 Å². The quantitative estimate of drug-likeness (QED) is 0.790. The highest BCUT2D eigenvalue weighted by Crippen LogP contribution is 2.28. The van der Waals surface area contributed by atoms with Gasteiger partial charge < -0.3 is 11.5 Å². The molecule has 5 heteroatoms. The number of primary amides is 1. The Kier molecular flexibility index (Phi) is 3.14. The molecule has 0 aliphatic rings. The molecule has 0 saturated carbocycles. The number of hydrogen-bond acceptors (Lipinski definition) is 2. The first kappa shape index (κ1) is 10.3. The summed E-state index contributed by atoms with van der Waals surface area (Å²) in [4.78, 5) is 10.8. The predicted octanol–water partition coefficient (Wildman–Crippen LogP) is 1.48. The van der Waals surface area contributed by atoms with Crippen molar-refractivity contribution in [3.05, 3.63) is 33.8 Å². The minimum absolute atomic E-state index is 0.274. The first-order valence-corrected chi connectivity index (χ1v) is 4.28. The lowest BCUT2D eigenvalue weighted by atomic mass is 10.1. The van der Waals surface area contributed by atoms with Crippen LogP contribution < -0.4 is 11.5 Å². The summed E-state index contributed by atoms with van der Waals surface area (Å²) in [5.41, 5.74) is 11.0. The predicted molar refractivity (Wildman–Crippen MR) is 52.6 cm³/mol. The fourth-order valence-electron chi connectivity index (χ4n) is 0.914. The van der Waals surface area contributed by atoms with Gasteiger partial charge in [-0.1, -0.05) is 35.3 Å². The van der Waals surface area contributed by atoms with Crippen LogP contribution in [0, 0.1) is 0 Å². The molecule has 0 saturated heterocycles. The Morgan fingerprint density at radius 2 is 2.00 bits per heavy atom. The second-order valence-electron chi connectivity index (χ2n) is 2.52. The van der Waals surface area contributed by atoms with Gasteiger partial charge in [-0.3, -0.25) is 4.79 Å². The number of nitrogens with two attached hydrogens (primary N) is 2. The molecular formula is C8H8Cl2N2O. The third kappa shape index (κ3) is 2.12. The minimum atomic E-state index is -0.911. The lowest BCUT2D eigenvalue weighted by Gasteiger charge is -2.10. The van der Waals surface area contributed by atoms with E-state index in [0.29, 0.717) is 10.6 Å².